The molecule has 0 aromatic carbocycles. The van der Waals surface area contributed by atoms with Gasteiger partial charge in [-0.05, 0) is 19.4 Å². The van der Waals surface area contributed by atoms with Gasteiger partial charge in [-0.2, -0.15) is 0 Å². The Morgan fingerprint density at radius 2 is 1.57 bits per heavy atom. The highest BCUT2D eigenvalue weighted by molar-refractivity contribution is 5.86. The van der Waals surface area contributed by atoms with Crippen LogP contribution in [0.15, 0.2) is 0 Å². The van der Waals surface area contributed by atoms with Gasteiger partial charge in [0.05, 0.1) is 43.0 Å². The van der Waals surface area contributed by atoms with Gasteiger partial charge in [-0.3, -0.25) is 4.79 Å². The number of rotatable bonds is 11. The molecule has 15 unspecified atom stereocenters. The average molecular weight is 639 g/mol. The van der Waals surface area contributed by atoms with Gasteiger partial charge in [0.15, 0.2) is 6.29 Å². The molecule has 2 aliphatic carbocycles. The number of aliphatic hydroxyl groups excluding tert-OH is 7. The van der Waals surface area contributed by atoms with Crippen LogP contribution in [0.4, 0.5) is 0 Å². The Kier molecular flexibility index (Phi) is 11.9. The highest BCUT2D eigenvalue weighted by Gasteiger charge is 2.56. The van der Waals surface area contributed by atoms with Crippen LogP contribution in [0.3, 0.4) is 0 Å². The summed E-state index contributed by atoms with van der Waals surface area (Å²) in [5.74, 6) is -1.81. The normalized spacial score (nSPS) is 49.7. The SMILES string of the molecule is NC1CC(O)(C(=O)NC2CC(N)C(C3OC(CNCCCO)C(O)C(O)C3N)C(O)C2OC2OC(CO)C(O)C(N)C2O)C1. The lowest BCUT2D eigenvalue weighted by Crippen LogP contribution is -2.73. The molecular weight excluding hydrogens is 588 g/mol. The first-order chi connectivity index (χ1) is 20.7. The third-order valence-electron chi connectivity index (χ3n) is 9.39. The van der Waals surface area contributed by atoms with E-state index in [0.717, 1.165) is 0 Å². The molecule has 18 heteroatoms. The van der Waals surface area contributed by atoms with Gasteiger partial charge in [-0.15, -0.1) is 0 Å². The predicted octanol–water partition coefficient (Wildman–Crippen LogP) is -8.03. The van der Waals surface area contributed by atoms with E-state index in [-0.39, 0.29) is 38.5 Å². The maximum Gasteiger partial charge on any atom is 0.252 e. The van der Waals surface area contributed by atoms with E-state index in [9.17, 15) is 40.5 Å². The Bertz CT molecular complexity index is 949. The molecule has 4 aliphatic rings. The van der Waals surface area contributed by atoms with Crippen molar-refractivity contribution in [2.45, 2.75) is 123 Å². The van der Waals surface area contributed by atoms with Gasteiger partial charge >= 0.3 is 0 Å². The van der Waals surface area contributed by atoms with Gasteiger partial charge in [0.2, 0.25) is 0 Å². The molecule has 18 N–H and O–H groups in total. The minimum Gasteiger partial charge on any atom is -0.396 e. The van der Waals surface area contributed by atoms with E-state index in [1.165, 1.54) is 0 Å². The Balaban J connectivity index is 1.59. The number of carbonyl (C=O) groups excluding carboxylic acids is 1. The minimum atomic E-state index is -1.74. The second kappa shape index (κ2) is 14.7. The third kappa shape index (κ3) is 7.20. The molecule has 4 fully saturated rings. The molecule has 256 valence electrons. The maximum atomic E-state index is 13.1. The molecule has 4 rings (SSSR count). The molecule has 0 spiro atoms. The van der Waals surface area contributed by atoms with Crippen molar-refractivity contribution in [2.24, 2.45) is 28.9 Å². The van der Waals surface area contributed by atoms with Crippen molar-refractivity contribution in [3.8, 4) is 0 Å². The van der Waals surface area contributed by atoms with Crippen LogP contribution in [0.1, 0.15) is 25.7 Å². The summed E-state index contributed by atoms with van der Waals surface area (Å²) in [4.78, 5) is 13.1. The first-order valence-electron chi connectivity index (χ1n) is 15.1. The van der Waals surface area contributed by atoms with Crippen molar-refractivity contribution in [3.63, 3.8) is 0 Å². The van der Waals surface area contributed by atoms with E-state index in [4.69, 9.17) is 42.3 Å². The number of nitrogens with two attached hydrogens (primary N) is 4. The highest BCUT2D eigenvalue weighted by atomic mass is 16.7. The molecule has 1 amide bonds. The zero-order valence-corrected chi connectivity index (χ0v) is 24.4. The Labute approximate surface area is 254 Å². The number of ether oxygens (including phenoxy) is 3. The van der Waals surface area contributed by atoms with E-state index in [1.807, 2.05) is 0 Å². The molecule has 2 saturated heterocycles. The number of aliphatic hydroxyl groups is 8. The fourth-order valence-electron chi connectivity index (χ4n) is 6.71. The molecule has 44 heavy (non-hydrogen) atoms. The van der Waals surface area contributed by atoms with Gasteiger partial charge in [0.25, 0.3) is 5.91 Å². The van der Waals surface area contributed by atoms with E-state index in [2.05, 4.69) is 10.6 Å². The van der Waals surface area contributed by atoms with Crippen LogP contribution < -0.4 is 33.6 Å². The smallest absolute Gasteiger partial charge is 0.252 e. The minimum absolute atomic E-state index is 0.0163. The Morgan fingerprint density at radius 1 is 0.886 bits per heavy atom. The molecule has 0 radical (unpaired) electrons. The molecule has 2 heterocycles. The second-order valence-corrected chi connectivity index (χ2v) is 12.6. The second-order valence-electron chi connectivity index (χ2n) is 12.6. The lowest BCUT2D eigenvalue weighted by atomic mass is 9.71. The monoisotopic (exact) mass is 638 g/mol. The number of hydrogen-bond acceptors (Lipinski definition) is 17. The van der Waals surface area contributed by atoms with Crippen molar-refractivity contribution in [1.82, 2.24) is 10.6 Å². The van der Waals surface area contributed by atoms with Gasteiger partial charge in [0, 0.05) is 44.0 Å². The van der Waals surface area contributed by atoms with Gasteiger partial charge < -0.3 is 88.6 Å². The first-order valence-corrected chi connectivity index (χ1v) is 15.1. The fraction of sp³-hybridized carbons (Fsp3) is 0.962. The molecule has 0 aromatic heterocycles. The van der Waals surface area contributed by atoms with Crippen molar-refractivity contribution in [2.75, 3.05) is 26.3 Å². The molecule has 18 nitrogen and oxygen atoms in total. The van der Waals surface area contributed by atoms with Crippen LogP contribution in [-0.2, 0) is 19.0 Å². The standard InChI is InChI=1S/C26H50N6O12/c27-9-5-26(41,6-9)25(40)32-11-4-10(28)14(23-16(30)20(38)18(36)12(42-23)7-31-2-1-3-33)19(37)22(11)44-24-21(39)15(29)17(35)13(8-34)43-24/h9-24,31,33-39,41H,1-8,27-30H2,(H,32,40). The van der Waals surface area contributed by atoms with E-state index < -0.39 is 109 Å². The van der Waals surface area contributed by atoms with E-state index >= 15 is 0 Å². The third-order valence-corrected chi connectivity index (χ3v) is 9.39. The summed E-state index contributed by atoms with van der Waals surface area (Å²) in [5.41, 5.74) is 22.8. The largest absolute Gasteiger partial charge is 0.396 e. The van der Waals surface area contributed by atoms with Crippen molar-refractivity contribution in [3.05, 3.63) is 0 Å². The first kappa shape index (κ1) is 35.7. The molecule has 0 aromatic rings. The zero-order chi connectivity index (χ0) is 32.5. The summed E-state index contributed by atoms with van der Waals surface area (Å²) in [7, 11) is 0. The number of nitrogens with one attached hydrogen (secondary N) is 2. The Hall–Kier alpha value is -1.17. The van der Waals surface area contributed by atoms with E-state index in [1.54, 1.807) is 0 Å². The predicted molar refractivity (Wildman–Crippen MR) is 150 cm³/mol. The number of hydrogen-bond donors (Lipinski definition) is 14. The highest BCUT2D eigenvalue weighted by Crippen LogP contribution is 2.38. The van der Waals surface area contributed by atoms with Crippen LogP contribution >= 0.6 is 0 Å². The van der Waals surface area contributed by atoms with Crippen LogP contribution in [-0.4, -0.2) is 170 Å². The summed E-state index contributed by atoms with van der Waals surface area (Å²) in [5, 5.41) is 89.3. The zero-order valence-electron chi connectivity index (χ0n) is 24.4. The summed E-state index contributed by atoms with van der Waals surface area (Å²) in [6.07, 6.45) is -13.3. The van der Waals surface area contributed by atoms with Crippen LogP contribution in [0.2, 0.25) is 0 Å². The molecular formula is C26H50N6O12. The van der Waals surface area contributed by atoms with Crippen LogP contribution in [0, 0.1) is 5.92 Å². The molecule has 2 saturated carbocycles. The summed E-state index contributed by atoms with van der Waals surface area (Å²) >= 11 is 0. The maximum absolute atomic E-state index is 13.1. The summed E-state index contributed by atoms with van der Waals surface area (Å²) in [6, 6.07) is -4.83. The van der Waals surface area contributed by atoms with Gasteiger partial charge in [-0.1, -0.05) is 0 Å². The average Bonchev–Trinajstić information content (AvgIpc) is 2.96. The quantitative estimate of drug-likeness (QED) is 0.0934. The molecule has 2 aliphatic heterocycles. The summed E-state index contributed by atoms with van der Waals surface area (Å²) in [6.45, 7) is -0.213. The molecule has 15 atom stereocenters. The fourth-order valence-corrected chi connectivity index (χ4v) is 6.71. The lowest BCUT2D eigenvalue weighted by molar-refractivity contribution is -0.307. The van der Waals surface area contributed by atoms with Crippen molar-refractivity contribution < 1.29 is 59.9 Å². The number of carbonyl (C=O) groups is 1. The topological polar surface area (TPSA) is 335 Å². The van der Waals surface area contributed by atoms with Crippen LogP contribution in [0.25, 0.3) is 0 Å². The van der Waals surface area contributed by atoms with Crippen LogP contribution in [0.5, 0.6) is 0 Å². The molecule has 0 bridgehead atoms. The van der Waals surface area contributed by atoms with E-state index in [0.29, 0.717) is 13.0 Å². The van der Waals surface area contributed by atoms with Gasteiger partial charge in [-0.25, -0.2) is 0 Å². The number of amides is 1. The Morgan fingerprint density at radius 3 is 2.18 bits per heavy atom. The summed E-state index contributed by atoms with van der Waals surface area (Å²) < 4.78 is 17.7. The van der Waals surface area contributed by atoms with Crippen molar-refractivity contribution >= 4 is 5.91 Å². The van der Waals surface area contributed by atoms with Gasteiger partial charge in [0.1, 0.15) is 42.2 Å². The lowest BCUT2D eigenvalue weighted by Gasteiger charge is -2.52. The van der Waals surface area contributed by atoms with Crippen molar-refractivity contribution in [1.29, 1.82) is 0 Å².